The van der Waals surface area contributed by atoms with Gasteiger partial charge in [-0.05, 0) is 0 Å². The Balaban J connectivity index is 2.07. The maximum atomic E-state index is 4.61. The van der Waals surface area contributed by atoms with E-state index in [0.717, 1.165) is 12.3 Å². The molecule has 0 aromatic heterocycles. The summed E-state index contributed by atoms with van der Waals surface area (Å²) in [4.78, 5) is 9.22. The molecular weight excluding hydrogens is 114 g/mol. The first-order valence-electron chi connectivity index (χ1n) is 2.17. The lowest BCUT2D eigenvalue weighted by atomic mass is 10.8. The molecule has 2 aliphatic heterocycles. The first-order chi connectivity index (χ1) is 3.41. The molecule has 0 aromatic rings. The first-order valence-corrected chi connectivity index (χ1v) is 3.16. The highest BCUT2D eigenvalue weighted by molar-refractivity contribution is 8.00. The fourth-order valence-electron chi connectivity index (χ4n) is 0.585. The molecule has 3 nitrogen and oxygen atoms in total. The van der Waals surface area contributed by atoms with Crippen molar-refractivity contribution >= 4 is 11.8 Å². The van der Waals surface area contributed by atoms with Gasteiger partial charge in [0, 0.05) is 12.3 Å². The monoisotopic (exact) mass is 119 g/mol. The molecule has 7 heavy (non-hydrogen) atoms. The van der Waals surface area contributed by atoms with Crippen LogP contribution in [0.15, 0.2) is 0 Å². The summed E-state index contributed by atoms with van der Waals surface area (Å²) in [5.74, 6) is 1.08. The van der Waals surface area contributed by atoms with Crippen LogP contribution < -0.4 is 5.32 Å². The van der Waals surface area contributed by atoms with E-state index in [2.05, 4.69) is 15.1 Å². The van der Waals surface area contributed by atoms with Crippen LogP contribution in [-0.2, 0) is 9.78 Å². The summed E-state index contributed by atoms with van der Waals surface area (Å²) < 4.78 is 0. The Morgan fingerprint density at radius 1 is 1.57 bits per heavy atom. The molecule has 0 aromatic carbocycles. The van der Waals surface area contributed by atoms with Crippen molar-refractivity contribution in [1.82, 2.24) is 5.32 Å². The van der Waals surface area contributed by atoms with Crippen LogP contribution in [-0.4, -0.2) is 17.5 Å². The SMILES string of the molecule is C1CSC2(N1)OO2. The molecule has 2 rings (SSSR count). The van der Waals surface area contributed by atoms with Crippen LogP contribution in [0.1, 0.15) is 0 Å². The lowest BCUT2D eigenvalue weighted by molar-refractivity contribution is 0.0850. The van der Waals surface area contributed by atoms with Gasteiger partial charge in [0.15, 0.2) is 0 Å². The van der Waals surface area contributed by atoms with Crippen LogP contribution in [0.2, 0.25) is 0 Å². The Kier molecular flexibility index (Phi) is 0.674. The normalized spacial score (nSPS) is 34.3. The maximum Gasteiger partial charge on any atom is 0.337 e. The number of hydrogen-bond acceptors (Lipinski definition) is 4. The summed E-state index contributed by atoms with van der Waals surface area (Å²) in [5, 5.41) is 2.64. The van der Waals surface area contributed by atoms with E-state index in [4.69, 9.17) is 0 Å². The van der Waals surface area contributed by atoms with Crippen molar-refractivity contribution in [2.75, 3.05) is 12.3 Å². The highest BCUT2D eigenvalue weighted by Gasteiger charge is 2.52. The molecule has 2 heterocycles. The second-order valence-electron chi connectivity index (χ2n) is 1.50. The van der Waals surface area contributed by atoms with Gasteiger partial charge in [0.05, 0.1) is 0 Å². The van der Waals surface area contributed by atoms with E-state index in [1.165, 1.54) is 0 Å². The van der Waals surface area contributed by atoms with Gasteiger partial charge in [-0.1, -0.05) is 11.8 Å². The zero-order valence-corrected chi connectivity index (χ0v) is 4.46. The zero-order chi connectivity index (χ0) is 4.74. The maximum absolute atomic E-state index is 4.61. The van der Waals surface area contributed by atoms with Gasteiger partial charge in [0.25, 0.3) is 0 Å². The van der Waals surface area contributed by atoms with E-state index in [1.807, 2.05) is 0 Å². The molecule has 4 heteroatoms. The topological polar surface area (TPSA) is 37.1 Å². The van der Waals surface area contributed by atoms with Gasteiger partial charge in [-0.15, -0.1) is 0 Å². The molecule has 0 radical (unpaired) electrons. The third-order valence-corrected chi connectivity index (χ3v) is 2.04. The molecule has 40 valence electrons. The van der Waals surface area contributed by atoms with Gasteiger partial charge in [-0.2, -0.15) is 9.78 Å². The molecule has 2 saturated heterocycles. The van der Waals surface area contributed by atoms with Gasteiger partial charge in [-0.25, -0.2) is 0 Å². The number of rotatable bonds is 0. The van der Waals surface area contributed by atoms with E-state index >= 15 is 0 Å². The van der Waals surface area contributed by atoms with Crippen LogP contribution in [0.25, 0.3) is 0 Å². The van der Waals surface area contributed by atoms with Gasteiger partial charge in [-0.3, -0.25) is 5.32 Å². The Morgan fingerprint density at radius 2 is 2.43 bits per heavy atom. The third-order valence-electron chi connectivity index (χ3n) is 0.970. The van der Waals surface area contributed by atoms with Crippen LogP contribution >= 0.6 is 11.8 Å². The molecule has 1 N–H and O–H groups in total. The average molecular weight is 119 g/mol. The Bertz CT molecular complexity index is 84.9. The van der Waals surface area contributed by atoms with Gasteiger partial charge in [0.2, 0.25) is 0 Å². The van der Waals surface area contributed by atoms with Crippen molar-refractivity contribution in [2.24, 2.45) is 0 Å². The molecular formula is C3H5NO2S. The average Bonchev–Trinajstić information content (AvgIpc) is 2.15. The molecule has 0 unspecified atom stereocenters. The number of nitrogens with one attached hydrogen (secondary N) is 1. The number of thioether (sulfide) groups is 1. The Hall–Kier alpha value is 0.230. The van der Waals surface area contributed by atoms with Crippen LogP contribution in [0.5, 0.6) is 0 Å². The van der Waals surface area contributed by atoms with Gasteiger partial charge < -0.3 is 0 Å². The Morgan fingerprint density at radius 3 is 2.71 bits per heavy atom. The molecule has 0 amide bonds. The molecule has 0 bridgehead atoms. The minimum absolute atomic E-state index is 0.389. The van der Waals surface area contributed by atoms with Crippen LogP contribution in [0.3, 0.4) is 0 Å². The summed E-state index contributed by atoms with van der Waals surface area (Å²) in [7, 11) is 0. The van der Waals surface area contributed by atoms with Crippen molar-refractivity contribution in [2.45, 2.75) is 5.24 Å². The van der Waals surface area contributed by atoms with E-state index in [1.54, 1.807) is 11.8 Å². The van der Waals surface area contributed by atoms with E-state index in [-0.39, 0.29) is 5.24 Å². The zero-order valence-electron chi connectivity index (χ0n) is 3.64. The minimum Gasteiger partial charge on any atom is -0.251 e. The van der Waals surface area contributed by atoms with Crippen molar-refractivity contribution in [3.63, 3.8) is 0 Å². The number of hydrogen-bond donors (Lipinski definition) is 1. The Labute approximate surface area is 45.3 Å². The minimum atomic E-state index is -0.389. The van der Waals surface area contributed by atoms with Gasteiger partial charge in [0.1, 0.15) is 0 Å². The van der Waals surface area contributed by atoms with E-state index in [9.17, 15) is 0 Å². The summed E-state index contributed by atoms with van der Waals surface area (Å²) >= 11 is 1.66. The molecule has 2 aliphatic rings. The third kappa shape index (κ3) is 0.551. The first kappa shape index (κ1) is 4.14. The largest absolute Gasteiger partial charge is 0.337 e. The van der Waals surface area contributed by atoms with Crippen molar-refractivity contribution in [3.8, 4) is 0 Å². The van der Waals surface area contributed by atoms with Crippen LogP contribution in [0.4, 0.5) is 0 Å². The fourth-order valence-corrected chi connectivity index (χ4v) is 1.39. The lowest BCUT2D eigenvalue weighted by Gasteiger charge is -1.88. The molecule has 1 spiro atoms. The molecule has 0 aliphatic carbocycles. The summed E-state index contributed by atoms with van der Waals surface area (Å²) in [6.45, 7) is 0.991. The predicted molar refractivity (Wildman–Crippen MR) is 25.4 cm³/mol. The fraction of sp³-hybridized carbons (Fsp3) is 1.00. The predicted octanol–water partition coefficient (Wildman–Crippen LogP) is -0.104. The quantitative estimate of drug-likeness (QED) is 0.357. The molecule has 2 fully saturated rings. The molecule has 0 atom stereocenters. The summed E-state index contributed by atoms with van der Waals surface area (Å²) in [6, 6.07) is 0. The van der Waals surface area contributed by atoms with Crippen molar-refractivity contribution < 1.29 is 9.78 Å². The molecule has 0 saturated carbocycles. The second-order valence-corrected chi connectivity index (χ2v) is 2.73. The summed E-state index contributed by atoms with van der Waals surface area (Å²) in [5.41, 5.74) is 0. The van der Waals surface area contributed by atoms with Crippen molar-refractivity contribution in [1.29, 1.82) is 0 Å². The van der Waals surface area contributed by atoms with Crippen LogP contribution in [0, 0.1) is 0 Å². The highest BCUT2D eigenvalue weighted by atomic mass is 32.2. The standard InChI is InChI=1S/C3H5NO2S/c1-2-7-3(4-1)5-6-3/h4H,1-2H2. The van der Waals surface area contributed by atoms with Gasteiger partial charge >= 0.3 is 5.24 Å². The van der Waals surface area contributed by atoms with Crippen molar-refractivity contribution in [3.05, 3.63) is 0 Å². The smallest absolute Gasteiger partial charge is 0.251 e. The highest BCUT2D eigenvalue weighted by Crippen LogP contribution is 2.41. The van der Waals surface area contributed by atoms with E-state index < -0.39 is 0 Å². The second kappa shape index (κ2) is 1.14. The summed E-state index contributed by atoms with van der Waals surface area (Å²) in [6.07, 6.45) is 0. The lowest BCUT2D eigenvalue weighted by Crippen LogP contribution is -2.21. The van der Waals surface area contributed by atoms with E-state index in [0.29, 0.717) is 0 Å².